The summed E-state index contributed by atoms with van der Waals surface area (Å²) in [6.07, 6.45) is 2.16. The Morgan fingerprint density at radius 2 is 2.04 bits per heavy atom. The van der Waals surface area contributed by atoms with Gasteiger partial charge in [-0.05, 0) is 49.7 Å². The van der Waals surface area contributed by atoms with E-state index in [0.29, 0.717) is 6.54 Å². The summed E-state index contributed by atoms with van der Waals surface area (Å²) in [5.41, 5.74) is 0.867. The molecule has 6 heteroatoms. The van der Waals surface area contributed by atoms with Crippen LogP contribution in [0, 0.1) is 5.82 Å². The van der Waals surface area contributed by atoms with E-state index < -0.39 is 0 Å². The molecule has 3 aromatic rings. The third kappa shape index (κ3) is 2.85. The lowest BCUT2D eigenvalue weighted by atomic mass is 10.2. The number of nitrogens with one attached hydrogen (secondary N) is 1. The van der Waals surface area contributed by atoms with Crippen molar-refractivity contribution < 1.29 is 8.81 Å². The maximum atomic E-state index is 13.0. The van der Waals surface area contributed by atoms with Crippen LogP contribution in [0.15, 0.2) is 40.8 Å². The molecule has 0 saturated heterocycles. The molecule has 3 heterocycles. The molecule has 1 aromatic carbocycles. The van der Waals surface area contributed by atoms with E-state index in [2.05, 4.69) is 27.0 Å². The lowest BCUT2D eigenvalue weighted by Gasteiger charge is -2.12. The second kappa shape index (κ2) is 6.20. The van der Waals surface area contributed by atoms with Gasteiger partial charge in [0, 0.05) is 18.5 Å². The van der Waals surface area contributed by atoms with Crippen LogP contribution in [-0.4, -0.2) is 14.8 Å². The first-order valence-corrected chi connectivity index (χ1v) is 8.21. The van der Waals surface area contributed by atoms with Crippen molar-refractivity contribution in [3.8, 4) is 11.3 Å². The zero-order valence-electron chi connectivity index (χ0n) is 13.5. The van der Waals surface area contributed by atoms with Crippen LogP contribution in [0.5, 0.6) is 0 Å². The SMILES string of the molecule is CC(NCc1ccc(-c2ccc(F)cc2)o1)c1nnc2n1CCC2. The Bertz CT molecular complexity index is 837. The minimum Gasteiger partial charge on any atom is -0.460 e. The molecule has 4 rings (SSSR count). The van der Waals surface area contributed by atoms with Crippen molar-refractivity contribution in [2.45, 2.75) is 38.9 Å². The van der Waals surface area contributed by atoms with Gasteiger partial charge >= 0.3 is 0 Å². The number of aromatic nitrogens is 3. The quantitative estimate of drug-likeness (QED) is 0.780. The summed E-state index contributed by atoms with van der Waals surface area (Å²) in [6.45, 7) is 3.68. The molecule has 124 valence electrons. The normalized spacial score (nSPS) is 14.8. The van der Waals surface area contributed by atoms with Crippen LogP contribution in [0.3, 0.4) is 0 Å². The van der Waals surface area contributed by atoms with Crippen molar-refractivity contribution in [3.05, 3.63) is 59.6 Å². The van der Waals surface area contributed by atoms with Crippen molar-refractivity contribution in [1.29, 1.82) is 0 Å². The fraction of sp³-hybridized carbons (Fsp3) is 0.333. The van der Waals surface area contributed by atoms with Gasteiger partial charge in [-0.1, -0.05) is 0 Å². The second-order valence-electron chi connectivity index (χ2n) is 6.11. The van der Waals surface area contributed by atoms with Crippen LogP contribution in [0.2, 0.25) is 0 Å². The molecule has 2 aromatic heterocycles. The van der Waals surface area contributed by atoms with Crippen LogP contribution < -0.4 is 5.32 Å². The highest BCUT2D eigenvalue weighted by Crippen LogP contribution is 2.23. The molecular formula is C18H19FN4O. The molecule has 5 nitrogen and oxygen atoms in total. The lowest BCUT2D eigenvalue weighted by molar-refractivity contribution is 0.451. The van der Waals surface area contributed by atoms with Crippen molar-refractivity contribution in [1.82, 2.24) is 20.1 Å². The van der Waals surface area contributed by atoms with Gasteiger partial charge in [0.2, 0.25) is 0 Å². The zero-order valence-corrected chi connectivity index (χ0v) is 13.5. The molecule has 1 aliphatic rings. The number of aryl methyl sites for hydroxylation is 1. The van der Waals surface area contributed by atoms with E-state index >= 15 is 0 Å². The summed E-state index contributed by atoms with van der Waals surface area (Å²) >= 11 is 0. The van der Waals surface area contributed by atoms with Gasteiger partial charge < -0.3 is 14.3 Å². The lowest BCUT2D eigenvalue weighted by Crippen LogP contribution is -2.21. The molecule has 1 unspecified atom stereocenters. The van der Waals surface area contributed by atoms with E-state index in [1.54, 1.807) is 12.1 Å². The number of nitrogens with zero attached hydrogens (tertiary/aromatic N) is 3. The first kappa shape index (κ1) is 15.1. The smallest absolute Gasteiger partial charge is 0.149 e. The van der Waals surface area contributed by atoms with Crippen molar-refractivity contribution >= 4 is 0 Å². The highest BCUT2D eigenvalue weighted by molar-refractivity contribution is 5.57. The highest BCUT2D eigenvalue weighted by atomic mass is 19.1. The van der Waals surface area contributed by atoms with Gasteiger partial charge in [0.05, 0.1) is 12.6 Å². The Labute approximate surface area is 139 Å². The van der Waals surface area contributed by atoms with Crippen LogP contribution in [-0.2, 0) is 19.5 Å². The molecule has 0 radical (unpaired) electrons. The summed E-state index contributed by atoms with van der Waals surface area (Å²) in [5, 5.41) is 12.0. The summed E-state index contributed by atoms with van der Waals surface area (Å²) in [5.74, 6) is 3.38. The van der Waals surface area contributed by atoms with E-state index in [-0.39, 0.29) is 11.9 Å². The van der Waals surface area contributed by atoms with Gasteiger partial charge in [0.25, 0.3) is 0 Å². The Morgan fingerprint density at radius 1 is 1.21 bits per heavy atom. The third-order valence-electron chi connectivity index (χ3n) is 4.40. The van der Waals surface area contributed by atoms with Crippen LogP contribution in [0.1, 0.15) is 36.8 Å². The zero-order chi connectivity index (χ0) is 16.5. The Kier molecular flexibility index (Phi) is 3.90. The standard InChI is InChI=1S/C18H19FN4O/c1-12(18-22-21-17-3-2-10-23(17)18)20-11-15-8-9-16(24-15)13-4-6-14(19)7-5-13/h4-9,12,20H,2-3,10-11H2,1H3. The molecular weight excluding hydrogens is 307 g/mol. The van der Waals surface area contributed by atoms with Crippen LogP contribution >= 0.6 is 0 Å². The highest BCUT2D eigenvalue weighted by Gasteiger charge is 2.21. The fourth-order valence-electron chi connectivity index (χ4n) is 3.08. The minimum absolute atomic E-state index is 0.101. The van der Waals surface area contributed by atoms with Gasteiger partial charge in [-0.2, -0.15) is 0 Å². The van der Waals surface area contributed by atoms with Crippen LogP contribution in [0.25, 0.3) is 11.3 Å². The Morgan fingerprint density at radius 3 is 2.88 bits per heavy atom. The Hall–Kier alpha value is -2.47. The van der Waals surface area contributed by atoms with Crippen LogP contribution in [0.4, 0.5) is 4.39 Å². The van der Waals surface area contributed by atoms with Gasteiger partial charge in [-0.25, -0.2) is 4.39 Å². The number of rotatable bonds is 5. The van der Waals surface area contributed by atoms with E-state index in [1.807, 2.05) is 12.1 Å². The van der Waals surface area contributed by atoms with Gasteiger partial charge in [-0.15, -0.1) is 10.2 Å². The van der Waals surface area contributed by atoms with Crippen molar-refractivity contribution in [2.75, 3.05) is 0 Å². The van der Waals surface area contributed by atoms with E-state index in [0.717, 1.165) is 48.1 Å². The largest absolute Gasteiger partial charge is 0.460 e. The molecule has 0 fully saturated rings. The maximum Gasteiger partial charge on any atom is 0.149 e. The Balaban J connectivity index is 1.42. The molecule has 1 aliphatic heterocycles. The number of furan rings is 1. The fourth-order valence-corrected chi connectivity index (χ4v) is 3.08. The maximum absolute atomic E-state index is 13.0. The van der Waals surface area contributed by atoms with Gasteiger partial charge in [-0.3, -0.25) is 0 Å². The van der Waals surface area contributed by atoms with Gasteiger partial charge in [0.15, 0.2) is 0 Å². The predicted octanol–water partition coefficient (Wildman–Crippen LogP) is 3.47. The van der Waals surface area contributed by atoms with Crippen molar-refractivity contribution in [3.63, 3.8) is 0 Å². The summed E-state index contributed by atoms with van der Waals surface area (Å²) < 4.78 is 21.0. The molecule has 0 saturated carbocycles. The molecule has 0 aliphatic carbocycles. The number of benzene rings is 1. The van der Waals surface area contributed by atoms with E-state index in [9.17, 15) is 4.39 Å². The van der Waals surface area contributed by atoms with E-state index in [1.165, 1.54) is 12.1 Å². The summed E-state index contributed by atoms with van der Waals surface area (Å²) in [4.78, 5) is 0. The molecule has 0 spiro atoms. The number of hydrogen-bond acceptors (Lipinski definition) is 4. The van der Waals surface area contributed by atoms with E-state index in [4.69, 9.17) is 4.42 Å². The minimum atomic E-state index is -0.248. The van der Waals surface area contributed by atoms with Crippen molar-refractivity contribution in [2.24, 2.45) is 0 Å². The number of hydrogen-bond donors (Lipinski definition) is 1. The molecule has 1 N–H and O–H groups in total. The summed E-state index contributed by atoms with van der Waals surface area (Å²) in [7, 11) is 0. The van der Waals surface area contributed by atoms with Gasteiger partial charge in [0.1, 0.15) is 29.0 Å². The number of halogens is 1. The molecule has 0 amide bonds. The third-order valence-corrected chi connectivity index (χ3v) is 4.40. The molecule has 1 atom stereocenters. The first-order chi connectivity index (χ1) is 11.7. The topological polar surface area (TPSA) is 55.9 Å². The average molecular weight is 326 g/mol. The summed E-state index contributed by atoms with van der Waals surface area (Å²) in [6, 6.07) is 10.2. The number of fused-ring (bicyclic) bond motifs is 1. The predicted molar refractivity (Wildman–Crippen MR) is 87.7 cm³/mol. The molecule has 24 heavy (non-hydrogen) atoms. The average Bonchev–Trinajstić information content (AvgIpc) is 3.30. The second-order valence-corrected chi connectivity index (χ2v) is 6.11. The monoisotopic (exact) mass is 326 g/mol. The first-order valence-electron chi connectivity index (χ1n) is 8.21. The molecule has 0 bridgehead atoms.